The fraction of sp³-hybridized carbons (Fsp3) is 0.983. The normalized spacial score (nSPS) is 19.5. The zero-order valence-corrected chi connectivity index (χ0v) is 44.4. The highest BCUT2D eigenvalue weighted by atomic mass is 16.7. The quantitative estimate of drug-likeness (QED) is 0.0330. The van der Waals surface area contributed by atoms with E-state index < -0.39 is 49.5 Å². The molecule has 9 nitrogen and oxygen atoms in total. The van der Waals surface area contributed by atoms with Crippen molar-refractivity contribution in [3.8, 4) is 0 Å². The SMILES string of the molecule is CCCCCCCCCCCCCCCCCCCCCCCCCCCCCCCCCCCC(=O)N[C@@H](CO[C@@H]1O[C@H](CO)[C@@H](O)C(O)C1O)[C@H](O)CCCCCCCCCCCCC. The highest BCUT2D eigenvalue weighted by Crippen LogP contribution is 2.23. The minimum atomic E-state index is -1.55. The predicted molar refractivity (Wildman–Crippen MR) is 281 cm³/mol. The molecule has 9 heteroatoms. The number of carbonyl (C=O) groups excluding carboxylic acids is 1. The molecule has 1 saturated heterocycles. The summed E-state index contributed by atoms with van der Waals surface area (Å²) in [6.45, 7) is 3.86. The summed E-state index contributed by atoms with van der Waals surface area (Å²) in [5, 5.41) is 54.5. The zero-order chi connectivity index (χ0) is 48.7. The Morgan fingerprint density at radius 1 is 0.448 bits per heavy atom. The molecule has 0 spiro atoms. The van der Waals surface area contributed by atoms with Crippen LogP contribution in [-0.4, -0.2) is 87.5 Å². The van der Waals surface area contributed by atoms with Crippen molar-refractivity contribution in [1.29, 1.82) is 0 Å². The van der Waals surface area contributed by atoms with Crippen molar-refractivity contribution in [2.24, 2.45) is 0 Å². The molecule has 0 aromatic rings. The van der Waals surface area contributed by atoms with Crippen LogP contribution < -0.4 is 5.32 Å². The molecule has 0 saturated carbocycles. The van der Waals surface area contributed by atoms with E-state index in [1.807, 2.05) is 0 Å². The molecule has 1 heterocycles. The van der Waals surface area contributed by atoms with Crippen LogP contribution in [0.3, 0.4) is 0 Å². The second-order valence-electron chi connectivity index (χ2n) is 21.2. The molecular formula is C58H115NO8. The second kappa shape index (κ2) is 48.8. The molecule has 400 valence electrons. The number of amides is 1. The highest BCUT2D eigenvalue weighted by Gasteiger charge is 2.44. The lowest BCUT2D eigenvalue weighted by Gasteiger charge is -2.40. The van der Waals surface area contributed by atoms with Crippen molar-refractivity contribution in [2.75, 3.05) is 13.2 Å². The van der Waals surface area contributed by atoms with Gasteiger partial charge in [-0.25, -0.2) is 0 Å². The monoisotopic (exact) mass is 954 g/mol. The molecule has 1 amide bonds. The number of carbonyl (C=O) groups is 1. The van der Waals surface area contributed by atoms with E-state index in [9.17, 15) is 30.3 Å². The summed E-state index contributed by atoms with van der Waals surface area (Å²) < 4.78 is 11.3. The largest absolute Gasteiger partial charge is 0.394 e. The first-order valence-corrected chi connectivity index (χ1v) is 29.7. The lowest BCUT2D eigenvalue weighted by atomic mass is 9.99. The average molecular weight is 955 g/mol. The van der Waals surface area contributed by atoms with E-state index in [1.165, 1.54) is 244 Å². The Morgan fingerprint density at radius 3 is 1.06 bits per heavy atom. The lowest BCUT2D eigenvalue weighted by molar-refractivity contribution is -0.302. The average Bonchev–Trinajstić information content (AvgIpc) is 3.33. The molecule has 1 fully saturated rings. The lowest BCUT2D eigenvalue weighted by Crippen LogP contribution is -2.60. The zero-order valence-electron chi connectivity index (χ0n) is 44.4. The minimum absolute atomic E-state index is 0.132. The molecule has 2 unspecified atom stereocenters. The fourth-order valence-corrected chi connectivity index (χ4v) is 9.99. The fourth-order valence-electron chi connectivity index (χ4n) is 9.99. The van der Waals surface area contributed by atoms with Crippen molar-refractivity contribution in [1.82, 2.24) is 5.32 Å². The van der Waals surface area contributed by atoms with Crippen LogP contribution in [0.15, 0.2) is 0 Å². The first kappa shape index (κ1) is 64.2. The summed E-state index contributed by atoms with van der Waals surface area (Å²) in [6, 6.07) is -0.712. The first-order chi connectivity index (χ1) is 32.8. The van der Waals surface area contributed by atoms with Crippen LogP contribution in [0.1, 0.15) is 309 Å². The maximum Gasteiger partial charge on any atom is 0.220 e. The first-order valence-electron chi connectivity index (χ1n) is 29.7. The summed E-state index contributed by atoms with van der Waals surface area (Å²) in [5.41, 5.74) is 0. The van der Waals surface area contributed by atoms with Crippen LogP contribution in [0.5, 0.6) is 0 Å². The van der Waals surface area contributed by atoms with Crippen molar-refractivity contribution >= 4 is 5.91 Å². The van der Waals surface area contributed by atoms with Gasteiger partial charge in [0.25, 0.3) is 0 Å². The molecule has 0 aliphatic carbocycles. The molecule has 1 aliphatic heterocycles. The molecule has 0 aromatic carbocycles. The van der Waals surface area contributed by atoms with E-state index >= 15 is 0 Å². The molecule has 67 heavy (non-hydrogen) atoms. The van der Waals surface area contributed by atoms with Gasteiger partial charge in [-0.15, -0.1) is 0 Å². The Kier molecular flexibility index (Phi) is 46.8. The number of nitrogens with one attached hydrogen (secondary N) is 1. The van der Waals surface area contributed by atoms with Crippen LogP contribution in [-0.2, 0) is 14.3 Å². The van der Waals surface area contributed by atoms with Gasteiger partial charge in [-0.3, -0.25) is 4.79 Å². The van der Waals surface area contributed by atoms with Gasteiger partial charge in [0.05, 0.1) is 25.4 Å². The van der Waals surface area contributed by atoms with Crippen LogP contribution in [0.2, 0.25) is 0 Å². The van der Waals surface area contributed by atoms with E-state index in [0.717, 1.165) is 38.5 Å². The van der Waals surface area contributed by atoms with Crippen LogP contribution >= 0.6 is 0 Å². The molecule has 1 aliphatic rings. The summed E-state index contributed by atoms with van der Waals surface area (Å²) in [7, 11) is 0. The van der Waals surface area contributed by atoms with E-state index in [1.54, 1.807) is 0 Å². The molecule has 0 bridgehead atoms. The van der Waals surface area contributed by atoms with Gasteiger partial charge in [0.15, 0.2) is 6.29 Å². The van der Waals surface area contributed by atoms with Gasteiger partial charge in [-0.2, -0.15) is 0 Å². The Hall–Kier alpha value is -0.810. The number of unbranched alkanes of at least 4 members (excludes halogenated alkanes) is 42. The summed E-state index contributed by atoms with van der Waals surface area (Å²) in [6.07, 6.45) is 51.7. The maximum absolute atomic E-state index is 13.0. The topological polar surface area (TPSA) is 149 Å². The Bertz CT molecular complexity index is 1020. The summed E-state index contributed by atoms with van der Waals surface area (Å²) in [4.78, 5) is 13.0. The molecule has 0 aromatic heterocycles. The molecule has 0 radical (unpaired) electrons. The van der Waals surface area contributed by atoms with Crippen molar-refractivity contribution < 1.29 is 39.8 Å². The van der Waals surface area contributed by atoms with Crippen LogP contribution in [0.4, 0.5) is 0 Å². The van der Waals surface area contributed by atoms with Gasteiger partial charge in [0, 0.05) is 6.42 Å². The number of aliphatic hydroxyl groups is 5. The van der Waals surface area contributed by atoms with Gasteiger partial charge < -0.3 is 40.3 Å². The Balaban J connectivity index is 2.04. The maximum atomic E-state index is 13.0. The van der Waals surface area contributed by atoms with Gasteiger partial charge >= 0.3 is 0 Å². The second-order valence-corrected chi connectivity index (χ2v) is 21.2. The van der Waals surface area contributed by atoms with Crippen LogP contribution in [0.25, 0.3) is 0 Å². The minimum Gasteiger partial charge on any atom is -0.394 e. The summed E-state index contributed by atoms with van der Waals surface area (Å²) in [5.74, 6) is -0.138. The van der Waals surface area contributed by atoms with Crippen molar-refractivity contribution in [2.45, 2.75) is 352 Å². The van der Waals surface area contributed by atoms with Gasteiger partial charge in [-0.1, -0.05) is 290 Å². The number of hydrogen-bond donors (Lipinski definition) is 6. The highest BCUT2D eigenvalue weighted by molar-refractivity contribution is 5.76. The third-order valence-electron chi connectivity index (χ3n) is 14.7. The number of aliphatic hydroxyl groups excluding tert-OH is 5. The van der Waals surface area contributed by atoms with Gasteiger partial charge in [-0.05, 0) is 12.8 Å². The summed E-state index contributed by atoms with van der Waals surface area (Å²) >= 11 is 0. The Labute approximate surface area is 414 Å². The number of hydrogen-bond acceptors (Lipinski definition) is 8. The third kappa shape index (κ3) is 38.5. The number of rotatable bonds is 52. The van der Waals surface area contributed by atoms with Crippen LogP contribution in [0, 0.1) is 0 Å². The van der Waals surface area contributed by atoms with E-state index in [0.29, 0.717) is 12.8 Å². The van der Waals surface area contributed by atoms with E-state index in [4.69, 9.17) is 9.47 Å². The third-order valence-corrected chi connectivity index (χ3v) is 14.7. The van der Waals surface area contributed by atoms with Gasteiger partial charge in [0.2, 0.25) is 5.91 Å². The molecule has 1 rings (SSSR count). The Morgan fingerprint density at radius 2 is 0.746 bits per heavy atom. The molecule has 6 N–H and O–H groups in total. The number of ether oxygens (including phenoxy) is 2. The van der Waals surface area contributed by atoms with Gasteiger partial charge in [0.1, 0.15) is 24.4 Å². The van der Waals surface area contributed by atoms with E-state index in [2.05, 4.69) is 19.2 Å². The standard InChI is InChI=1S/C58H115NO8/c1-3-5-7-9-11-13-15-16-17-18-19-20-21-22-23-24-25-26-27-28-29-30-31-32-33-34-35-36-38-40-42-44-46-48-54(62)59-51(50-66-58-57(65)56(64)55(63)53(49-60)67-58)52(61)47-45-43-41-39-37-14-12-10-8-6-4-2/h51-53,55-58,60-61,63-65H,3-50H2,1-2H3,(H,59,62)/t51-,52+,53+,55+,56?,57?,58+/m0/s1. The predicted octanol–water partition coefficient (Wildman–Crippen LogP) is 14.6. The van der Waals surface area contributed by atoms with Crippen molar-refractivity contribution in [3.05, 3.63) is 0 Å². The smallest absolute Gasteiger partial charge is 0.220 e. The molecule has 7 atom stereocenters. The van der Waals surface area contributed by atoms with Crippen molar-refractivity contribution in [3.63, 3.8) is 0 Å². The van der Waals surface area contributed by atoms with E-state index in [-0.39, 0.29) is 12.5 Å². The molecular weight excluding hydrogens is 839 g/mol.